The van der Waals surface area contributed by atoms with Gasteiger partial charge in [-0.2, -0.15) is 5.10 Å². The zero-order valence-corrected chi connectivity index (χ0v) is 8.67. The van der Waals surface area contributed by atoms with Crippen LogP contribution in [-0.4, -0.2) is 16.1 Å². The van der Waals surface area contributed by atoms with Crippen molar-refractivity contribution in [3.05, 3.63) is 34.2 Å². The Morgan fingerprint density at radius 1 is 1.67 bits per heavy atom. The lowest BCUT2D eigenvalue weighted by atomic mass is 10.4. The zero-order valence-electron chi connectivity index (χ0n) is 7.86. The molecule has 78 valence electrons. The van der Waals surface area contributed by atoms with E-state index in [4.69, 9.17) is 5.73 Å². The predicted octanol–water partition coefficient (Wildman–Crippen LogP) is 0.983. The van der Waals surface area contributed by atoms with Crippen LogP contribution in [0.15, 0.2) is 23.6 Å². The lowest BCUT2D eigenvalue weighted by Crippen LogP contribution is -2.22. The molecule has 0 aliphatic rings. The molecule has 0 aliphatic heterocycles. The van der Waals surface area contributed by atoms with Gasteiger partial charge in [-0.05, 0) is 11.4 Å². The number of aromatic nitrogens is 2. The normalized spacial score (nSPS) is 10.1. The van der Waals surface area contributed by atoms with E-state index in [1.165, 1.54) is 6.07 Å². The van der Waals surface area contributed by atoms with Gasteiger partial charge in [-0.25, -0.2) is 0 Å². The number of amides is 1. The summed E-state index contributed by atoms with van der Waals surface area (Å²) in [6.45, 7) is 0.523. The molecule has 1 amide bonds. The van der Waals surface area contributed by atoms with Crippen LogP contribution in [0, 0.1) is 0 Å². The fraction of sp³-hybridized carbons (Fsp3) is 0.111. The van der Waals surface area contributed by atoms with Gasteiger partial charge < -0.3 is 11.1 Å². The van der Waals surface area contributed by atoms with Crippen LogP contribution in [0.3, 0.4) is 0 Å². The molecule has 6 heteroatoms. The van der Waals surface area contributed by atoms with E-state index in [1.807, 2.05) is 17.5 Å². The highest BCUT2D eigenvalue weighted by molar-refractivity contribution is 7.09. The smallest absolute Gasteiger partial charge is 0.269 e. The summed E-state index contributed by atoms with van der Waals surface area (Å²) >= 11 is 1.60. The molecule has 0 spiro atoms. The van der Waals surface area contributed by atoms with Crippen LogP contribution in [0.4, 0.5) is 5.82 Å². The van der Waals surface area contributed by atoms with Gasteiger partial charge in [0.15, 0.2) is 0 Å². The fourth-order valence-electron chi connectivity index (χ4n) is 1.13. The van der Waals surface area contributed by atoms with E-state index < -0.39 is 0 Å². The maximum absolute atomic E-state index is 11.5. The van der Waals surface area contributed by atoms with Gasteiger partial charge in [-0.3, -0.25) is 9.89 Å². The van der Waals surface area contributed by atoms with Crippen molar-refractivity contribution in [2.24, 2.45) is 0 Å². The van der Waals surface area contributed by atoms with Crippen LogP contribution < -0.4 is 11.1 Å². The van der Waals surface area contributed by atoms with Crippen LogP contribution >= 0.6 is 11.3 Å². The summed E-state index contributed by atoms with van der Waals surface area (Å²) in [4.78, 5) is 12.6. The van der Waals surface area contributed by atoms with E-state index in [-0.39, 0.29) is 5.91 Å². The number of H-pyrrole nitrogens is 1. The largest absolute Gasteiger partial charge is 0.382 e. The highest BCUT2D eigenvalue weighted by Gasteiger charge is 2.07. The monoisotopic (exact) mass is 222 g/mol. The average Bonchev–Trinajstić information content (AvgIpc) is 2.84. The molecule has 4 N–H and O–H groups in total. The van der Waals surface area contributed by atoms with Crippen LogP contribution in [0.5, 0.6) is 0 Å². The standard InChI is InChI=1S/C9H10N4OS/c10-8-4-7(12-13-8)9(14)11-5-6-2-1-3-15-6/h1-4H,5H2,(H,11,14)(H3,10,12,13). The van der Waals surface area contributed by atoms with Gasteiger partial charge in [0.2, 0.25) is 0 Å². The third-order valence-electron chi connectivity index (χ3n) is 1.85. The van der Waals surface area contributed by atoms with Gasteiger partial charge in [-0.15, -0.1) is 11.3 Å². The molecular formula is C9H10N4OS. The van der Waals surface area contributed by atoms with Crippen LogP contribution in [-0.2, 0) is 6.54 Å². The molecule has 5 nitrogen and oxygen atoms in total. The highest BCUT2D eigenvalue weighted by atomic mass is 32.1. The molecule has 0 bridgehead atoms. The number of thiophene rings is 1. The number of nitrogens with zero attached hydrogens (tertiary/aromatic N) is 1. The van der Waals surface area contributed by atoms with Crippen molar-refractivity contribution in [3.63, 3.8) is 0 Å². The van der Waals surface area contributed by atoms with Crippen LogP contribution in [0.25, 0.3) is 0 Å². The summed E-state index contributed by atoms with van der Waals surface area (Å²) in [6.07, 6.45) is 0. The van der Waals surface area contributed by atoms with E-state index in [2.05, 4.69) is 15.5 Å². The third-order valence-corrected chi connectivity index (χ3v) is 2.72. The number of nitrogens with two attached hydrogens (primary N) is 1. The predicted molar refractivity (Wildman–Crippen MR) is 58.5 cm³/mol. The van der Waals surface area contributed by atoms with E-state index in [0.29, 0.717) is 18.1 Å². The number of anilines is 1. The Kier molecular flexibility index (Phi) is 2.68. The Balaban J connectivity index is 1.93. The first-order chi connectivity index (χ1) is 7.25. The Morgan fingerprint density at radius 3 is 3.13 bits per heavy atom. The van der Waals surface area contributed by atoms with Crippen molar-refractivity contribution < 1.29 is 4.79 Å². The number of carbonyl (C=O) groups excluding carboxylic acids is 1. The Hall–Kier alpha value is -1.82. The molecule has 0 saturated heterocycles. The Bertz CT molecular complexity index is 448. The quantitative estimate of drug-likeness (QED) is 0.724. The first-order valence-electron chi connectivity index (χ1n) is 4.37. The van der Waals surface area contributed by atoms with Gasteiger partial charge in [-0.1, -0.05) is 6.07 Å². The number of carbonyl (C=O) groups is 1. The van der Waals surface area contributed by atoms with Crippen molar-refractivity contribution in [1.29, 1.82) is 0 Å². The molecular weight excluding hydrogens is 212 g/mol. The van der Waals surface area contributed by atoms with Gasteiger partial charge in [0.1, 0.15) is 11.5 Å². The molecule has 0 aliphatic carbocycles. The molecule has 0 radical (unpaired) electrons. The number of hydrogen-bond donors (Lipinski definition) is 3. The minimum Gasteiger partial charge on any atom is -0.382 e. The van der Waals surface area contributed by atoms with Crippen molar-refractivity contribution in [3.8, 4) is 0 Å². The maximum Gasteiger partial charge on any atom is 0.269 e. The minimum atomic E-state index is -0.201. The van der Waals surface area contributed by atoms with Crippen LogP contribution in [0.2, 0.25) is 0 Å². The first-order valence-corrected chi connectivity index (χ1v) is 5.25. The topological polar surface area (TPSA) is 83.8 Å². The molecule has 15 heavy (non-hydrogen) atoms. The SMILES string of the molecule is Nc1cc(C(=O)NCc2cccs2)[nH]n1. The summed E-state index contributed by atoms with van der Waals surface area (Å²) in [5.74, 6) is 0.115. The van der Waals surface area contributed by atoms with Gasteiger partial charge in [0.05, 0.1) is 6.54 Å². The van der Waals surface area contributed by atoms with E-state index in [9.17, 15) is 4.79 Å². The molecule has 2 aromatic heterocycles. The second-order valence-corrected chi connectivity index (χ2v) is 4.00. The van der Waals surface area contributed by atoms with Gasteiger partial charge >= 0.3 is 0 Å². The van der Waals surface area contributed by atoms with E-state index in [0.717, 1.165) is 4.88 Å². The van der Waals surface area contributed by atoms with Crippen molar-refractivity contribution in [1.82, 2.24) is 15.5 Å². The molecule has 0 unspecified atom stereocenters. The van der Waals surface area contributed by atoms with E-state index >= 15 is 0 Å². The fourth-order valence-corrected chi connectivity index (χ4v) is 1.77. The second kappa shape index (κ2) is 4.14. The molecule has 2 heterocycles. The number of hydrogen-bond acceptors (Lipinski definition) is 4. The van der Waals surface area contributed by atoms with Crippen molar-refractivity contribution in [2.75, 3.05) is 5.73 Å². The number of rotatable bonds is 3. The summed E-state index contributed by atoms with van der Waals surface area (Å²) in [7, 11) is 0. The maximum atomic E-state index is 11.5. The number of nitrogen functional groups attached to an aromatic ring is 1. The number of nitrogens with one attached hydrogen (secondary N) is 2. The third kappa shape index (κ3) is 2.35. The summed E-state index contributed by atoms with van der Waals surface area (Å²) in [6, 6.07) is 5.41. The molecule has 0 aromatic carbocycles. The minimum absolute atomic E-state index is 0.201. The molecule has 2 rings (SSSR count). The lowest BCUT2D eigenvalue weighted by molar-refractivity contribution is 0.0946. The Morgan fingerprint density at radius 2 is 2.53 bits per heavy atom. The average molecular weight is 222 g/mol. The molecule has 0 saturated carbocycles. The summed E-state index contributed by atoms with van der Waals surface area (Å²) in [5.41, 5.74) is 5.77. The van der Waals surface area contributed by atoms with Crippen LogP contribution in [0.1, 0.15) is 15.4 Å². The zero-order chi connectivity index (χ0) is 10.7. The molecule has 2 aromatic rings. The Labute approximate surface area is 90.3 Å². The highest BCUT2D eigenvalue weighted by Crippen LogP contribution is 2.08. The van der Waals surface area contributed by atoms with E-state index in [1.54, 1.807) is 11.3 Å². The number of aromatic amines is 1. The first kappa shape index (κ1) is 9.72. The summed E-state index contributed by atoms with van der Waals surface area (Å²) in [5, 5.41) is 11.0. The second-order valence-electron chi connectivity index (χ2n) is 2.97. The lowest BCUT2D eigenvalue weighted by Gasteiger charge is -2.00. The summed E-state index contributed by atoms with van der Waals surface area (Å²) < 4.78 is 0. The van der Waals surface area contributed by atoms with Gasteiger partial charge in [0, 0.05) is 10.9 Å². The molecule has 0 fully saturated rings. The van der Waals surface area contributed by atoms with Crippen molar-refractivity contribution in [2.45, 2.75) is 6.54 Å². The van der Waals surface area contributed by atoms with Crippen molar-refractivity contribution >= 4 is 23.1 Å². The molecule has 0 atom stereocenters. The van der Waals surface area contributed by atoms with Gasteiger partial charge in [0.25, 0.3) is 5.91 Å².